The molecule has 1 aliphatic heterocycles. The number of pyridine rings is 1. The number of anilines is 1. The van der Waals surface area contributed by atoms with E-state index in [4.69, 9.17) is 4.74 Å². The maximum atomic E-state index is 12.3. The third kappa shape index (κ3) is 4.70. The molecular weight excluding hydrogens is 318 g/mol. The standard InChI is InChI=1S/C19H23N3O3/c1-14(23)16-8-10-22(12-16)19(24)21-17-7-9-20-18(11-17)25-13-15-5-3-2-4-6-15/h2-7,9,11,14,16,23H,8,10,12-13H2,1H3,(H,20,21,24)/t14-,16-/m0/s1. The van der Waals surface area contributed by atoms with Gasteiger partial charge in [0.25, 0.3) is 0 Å². The Balaban J connectivity index is 1.55. The van der Waals surface area contributed by atoms with Crippen molar-refractivity contribution in [2.75, 3.05) is 18.4 Å². The normalized spacial score (nSPS) is 18.0. The third-order valence-electron chi connectivity index (χ3n) is 4.41. The van der Waals surface area contributed by atoms with Crippen LogP contribution in [0.4, 0.5) is 10.5 Å². The first-order chi connectivity index (χ1) is 12.1. The van der Waals surface area contributed by atoms with Gasteiger partial charge in [0.05, 0.1) is 6.10 Å². The van der Waals surface area contributed by atoms with Crippen LogP contribution in [0, 0.1) is 5.92 Å². The zero-order valence-corrected chi connectivity index (χ0v) is 14.3. The predicted octanol–water partition coefficient (Wildman–Crippen LogP) is 2.90. The van der Waals surface area contributed by atoms with E-state index in [2.05, 4.69) is 10.3 Å². The van der Waals surface area contributed by atoms with Crippen molar-refractivity contribution in [2.45, 2.75) is 26.1 Å². The minimum absolute atomic E-state index is 0.146. The molecule has 2 N–H and O–H groups in total. The van der Waals surface area contributed by atoms with Gasteiger partial charge in [-0.2, -0.15) is 0 Å². The van der Waals surface area contributed by atoms with Crippen LogP contribution >= 0.6 is 0 Å². The molecular formula is C19H23N3O3. The topological polar surface area (TPSA) is 74.7 Å². The maximum absolute atomic E-state index is 12.3. The van der Waals surface area contributed by atoms with Crippen molar-refractivity contribution in [2.24, 2.45) is 5.92 Å². The minimum Gasteiger partial charge on any atom is -0.473 e. The Hall–Kier alpha value is -2.60. The lowest BCUT2D eigenvalue weighted by molar-refractivity contribution is 0.130. The summed E-state index contributed by atoms with van der Waals surface area (Å²) in [6, 6.07) is 13.1. The molecule has 2 atom stereocenters. The summed E-state index contributed by atoms with van der Waals surface area (Å²) >= 11 is 0. The van der Waals surface area contributed by atoms with E-state index in [0.29, 0.717) is 31.3 Å². The van der Waals surface area contributed by atoms with Crippen LogP contribution in [-0.4, -0.2) is 40.2 Å². The number of hydrogen-bond donors (Lipinski definition) is 2. The highest BCUT2D eigenvalue weighted by atomic mass is 16.5. The number of benzene rings is 1. The number of carbonyl (C=O) groups is 1. The molecule has 1 aliphatic rings. The number of nitrogens with one attached hydrogen (secondary N) is 1. The number of ether oxygens (including phenoxy) is 1. The first kappa shape index (κ1) is 17.2. The molecule has 6 heteroatoms. The molecule has 0 unspecified atom stereocenters. The van der Waals surface area contributed by atoms with Crippen molar-refractivity contribution in [1.29, 1.82) is 0 Å². The van der Waals surface area contributed by atoms with Gasteiger partial charge >= 0.3 is 6.03 Å². The lowest BCUT2D eigenvalue weighted by Crippen LogP contribution is -2.34. The summed E-state index contributed by atoms with van der Waals surface area (Å²) in [5.74, 6) is 0.609. The van der Waals surface area contributed by atoms with E-state index in [1.165, 1.54) is 0 Å². The summed E-state index contributed by atoms with van der Waals surface area (Å²) in [5, 5.41) is 12.5. The highest BCUT2D eigenvalue weighted by Crippen LogP contribution is 2.21. The van der Waals surface area contributed by atoms with E-state index in [9.17, 15) is 9.90 Å². The molecule has 0 radical (unpaired) electrons. The number of urea groups is 1. The first-order valence-corrected chi connectivity index (χ1v) is 8.48. The Kier molecular flexibility index (Phi) is 5.50. The fourth-order valence-corrected chi connectivity index (χ4v) is 2.87. The molecule has 1 aromatic carbocycles. The van der Waals surface area contributed by atoms with Gasteiger partial charge < -0.3 is 20.1 Å². The summed E-state index contributed by atoms with van der Waals surface area (Å²) in [6.07, 6.45) is 2.04. The van der Waals surface area contributed by atoms with Crippen LogP contribution in [0.2, 0.25) is 0 Å². The molecule has 0 spiro atoms. The van der Waals surface area contributed by atoms with E-state index in [1.54, 1.807) is 30.2 Å². The molecule has 25 heavy (non-hydrogen) atoms. The molecule has 0 saturated carbocycles. The van der Waals surface area contributed by atoms with Crippen molar-refractivity contribution in [3.05, 3.63) is 54.2 Å². The Bertz CT molecular complexity index is 706. The quantitative estimate of drug-likeness (QED) is 0.877. The molecule has 2 amide bonds. The number of carbonyl (C=O) groups excluding carboxylic acids is 1. The van der Waals surface area contributed by atoms with E-state index < -0.39 is 6.10 Å². The molecule has 1 aromatic heterocycles. The van der Waals surface area contributed by atoms with Crippen LogP contribution < -0.4 is 10.1 Å². The predicted molar refractivity (Wildman–Crippen MR) is 95.4 cm³/mol. The zero-order chi connectivity index (χ0) is 17.6. The lowest BCUT2D eigenvalue weighted by atomic mass is 10.0. The van der Waals surface area contributed by atoms with Crippen LogP contribution in [0.5, 0.6) is 5.88 Å². The first-order valence-electron chi connectivity index (χ1n) is 8.48. The number of aromatic nitrogens is 1. The van der Waals surface area contributed by atoms with Gasteiger partial charge in [0.2, 0.25) is 5.88 Å². The van der Waals surface area contributed by atoms with E-state index >= 15 is 0 Å². The molecule has 6 nitrogen and oxygen atoms in total. The van der Waals surface area contributed by atoms with Crippen LogP contribution in [-0.2, 0) is 6.61 Å². The number of hydrogen-bond acceptors (Lipinski definition) is 4. The smallest absolute Gasteiger partial charge is 0.321 e. The minimum atomic E-state index is -0.392. The maximum Gasteiger partial charge on any atom is 0.321 e. The number of nitrogens with zero attached hydrogens (tertiary/aromatic N) is 2. The lowest BCUT2D eigenvalue weighted by Gasteiger charge is -2.18. The molecule has 132 valence electrons. The fraction of sp³-hybridized carbons (Fsp3) is 0.368. The average Bonchev–Trinajstić information content (AvgIpc) is 3.12. The fourth-order valence-electron chi connectivity index (χ4n) is 2.87. The number of rotatable bonds is 5. The van der Waals surface area contributed by atoms with Gasteiger partial charge in [0.15, 0.2) is 0 Å². The van der Waals surface area contributed by atoms with E-state index in [0.717, 1.165) is 12.0 Å². The second kappa shape index (κ2) is 7.98. The van der Waals surface area contributed by atoms with Crippen LogP contribution in [0.1, 0.15) is 18.9 Å². The molecule has 3 rings (SSSR count). The Morgan fingerprint density at radius 1 is 1.40 bits per heavy atom. The Labute approximate surface area is 147 Å². The number of aliphatic hydroxyl groups excluding tert-OH is 1. The average molecular weight is 341 g/mol. The number of aliphatic hydroxyl groups is 1. The summed E-state index contributed by atoms with van der Waals surface area (Å²) in [6.45, 7) is 3.43. The second-order valence-corrected chi connectivity index (χ2v) is 6.32. The van der Waals surface area contributed by atoms with Gasteiger partial charge in [-0.25, -0.2) is 9.78 Å². The highest BCUT2D eigenvalue weighted by molar-refractivity contribution is 5.89. The van der Waals surface area contributed by atoms with Crippen molar-refractivity contribution >= 4 is 11.7 Å². The molecule has 0 aliphatic carbocycles. The molecule has 2 aromatic rings. The third-order valence-corrected chi connectivity index (χ3v) is 4.41. The van der Waals surface area contributed by atoms with Gasteiger partial charge in [-0.1, -0.05) is 30.3 Å². The van der Waals surface area contributed by atoms with Crippen molar-refractivity contribution in [1.82, 2.24) is 9.88 Å². The van der Waals surface area contributed by atoms with E-state index in [1.807, 2.05) is 30.3 Å². The summed E-state index contributed by atoms with van der Waals surface area (Å²) in [4.78, 5) is 18.2. The van der Waals surface area contributed by atoms with Gasteiger partial charge in [-0.3, -0.25) is 0 Å². The molecule has 2 heterocycles. The molecule has 1 saturated heterocycles. The van der Waals surface area contributed by atoms with Gasteiger partial charge in [0, 0.05) is 37.0 Å². The van der Waals surface area contributed by atoms with E-state index in [-0.39, 0.29) is 11.9 Å². The van der Waals surface area contributed by atoms with Gasteiger partial charge in [0.1, 0.15) is 6.61 Å². The largest absolute Gasteiger partial charge is 0.473 e. The summed E-state index contributed by atoms with van der Waals surface area (Å²) in [5.41, 5.74) is 1.70. The monoisotopic (exact) mass is 341 g/mol. The number of likely N-dealkylation sites (tertiary alicyclic amines) is 1. The van der Waals surface area contributed by atoms with Crippen LogP contribution in [0.15, 0.2) is 48.7 Å². The Morgan fingerprint density at radius 3 is 2.92 bits per heavy atom. The molecule has 0 bridgehead atoms. The van der Waals surface area contributed by atoms with Crippen LogP contribution in [0.3, 0.4) is 0 Å². The summed E-state index contributed by atoms with van der Waals surface area (Å²) < 4.78 is 5.68. The van der Waals surface area contributed by atoms with Crippen molar-refractivity contribution in [3.63, 3.8) is 0 Å². The van der Waals surface area contributed by atoms with Gasteiger partial charge in [-0.15, -0.1) is 0 Å². The van der Waals surface area contributed by atoms with Crippen molar-refractivity contribution < 1.29 is 14.6 Å². The SMILES string of the molecule is C[C@H](O)[C@H]1CCN(C(=O)Nc2ccnc(OCc3ccccc3)c2)C1. The Morgan fingerprint density at radius 2 is 2.20 bits per heavy atom. The highest BCUT2D eigenvalue weighted by Gasteiger charge is 2.29. The second-order valence-electron chi connectivity index (χ2n) is 6.32. The molecule has 1 fully saturated rings. The van der Waals surface area contributed by atoms with Crippen molar-refractivity contribution in [3.8, 4) is 5.88 Å². The van der Waals surface area contributed by atoms with Crippen LogP contribution in [0.25, 0.3) is 0 Å². The zero-order valence-electron chi connectivity index (χ0n) is 14.3. The number of amides is 2. The summed E-state index contributed by atoms with van der Waals surface area (Å²) in [7, 11) is 0. The van der Waals surface area contributed by atoms with Gasteiger partial charge in [-0.05, 0) is 25.0 Å².